The highest BCUT2D eigenvalue weighted by Gasteiger charge is 2.16. The number of halogens is 4. The molecule has 0 radical (unpaired) electrons. The van der Waals surface area contributed by atoms with Gasteiger partial charge in [0, 0.05) is 19.7 Å². The van der Waals surface area contributed by atoms with Crippen LogP contribution in [-0.2, 0) is 6.42 Å². The van der Waals surface area contributed by atoms with E-state index in [1.165, 1.54) is 0 Å². The van der Waals surface area contributed by atoms with Crippen molar-refractivity contribution in [1.82, 2.24) is 5.32 Å². The molecule has 0 bridgehead atoms. The normalized spacial score (nSPS) is 12.4. The Morgan fingerprint density at radius 1 is 1.05 bits per heavy atom. The van der Waals surface area contributed by atoms with E-state index in [0.717, 1.165) is 32.7 Å². The second-order valence-corrected chi connectivity index (χ2v) is 7.07. The van der Waals surface area contributed by atoms with Gasteiger partial charge in [0.15, 0.2) is 0 Å². The van der Waals surface area contributed by atoms with Crippen LogP contribution in [0.2, 0.25) is 15.1 Å². The molecule has 2 aromatic rings. The molecule has 1 nitrogen and oxygen atoms in total. The highest BCUT2D eigenvalue weighted by atomic mass is 127. The average Bonchev–Trinajstić information content (AvgIpc) is 2.45. The quantitative estimate of drug-likeness (QED) is 0.535. The molecule has 0 aliphatic rings. The minimum atomic E-state index is 0.127. The first-order valence-electron chi connectivity index (χ1n) is 6.64. The van der Waals surface area contributed by atoms with Crippen LogP contribution >= 0.6 is 57.4 Å². The molecule has 0 aromatic heterocycles. The maximum absolute atomic E-state index is 6.28. The molecule has 112 valence electrons. The van der Waals surface area contributed by atoms with E-state index in [-0.39, 0.29) is 6.04 Å². The Kier molecular flexibility index (Phi) is 6.63. The van der Waals surface area contributed by atoms with Crippen LogP contribution in [0, 0.1) is 3.57 Å². The van der Waals surface area contributed by atoms with E-state index < -0.39 is 0 Å². The lowest BCUT2D eigenvalue weighted by Gasteiger charge is -2.20. The van der Waals surface area contributed by atoms with E-state index in [4.69, 9.17) is 34.8 Å². The van der Waals surface area contributed by atoms with Crippen LogP contribution in [0.5, 0.6) is 0 Å². The zero-order valence-corrected chi connectivity index (χ0v) is 15.9. The predicted molar refractivity (Wildman–Crippen MR) is 101 cm³/mol. The summed E-state index contributed by atoms with van der Waals surface area (Å²) in [4.78, 5) is 0. The van der Waals surface area contributed by atoms with E-state index in [1.54, 1.807) is 0 Å². The standard InChI is InChI=1S/C16H15Cl3IN/c1-2-21-16(10-6-7-15(20)14(19)8-10)9-11-12(17)4-3-5-13(11)18/h3-8,16,21H,2,9H2,1H3. The molecule has 0 saturated carbocycles. The molecule has 0 spiro atoms. The molecule has 1 atom stereocenters. The van der Waals surface area contributed by atoms with Crippen molar-refractivity contribution in [3.8, 4) is 0 Å². The summed E-state index contributed by atoms with van der Waals surface area (Å²) in [6.45, 7) is 2.94. The van der Waals surface area contributed by atoms with E-state index >= 15 is 0 Å². The zero-order valence-electron chi connectivity index (χ0n) is 11.5. The first-order valence-corrected chi connectivity index (χ1v) is 8.85. The first-order chi connectivity index (χ1) is 10.0. The van der Waals surface area contributed by atoms with Crippen LogP contribution < -0.4 is 5.32 Å². The molecular weight excluding hydrogens is 439 g/mol. The van der Waals surface area contributed by atoms with Crippen LogP contribution in [0.25, 0.3) is 0 Å². The molecule has 2 aromatic carbocycles. The molecule has 0 aliphatic carbocycles. The van der Waals surface area contributed by atoms with Gasteiger partial charge < -0.3 is 5.32 Å². The summed E-state index contributed by atoms with van der Waals surface area (Å²) < 4.78 is 1.05. The fourth-order valence-electron chi connectivity index (χ4n) is 2.21. The van der Waals surface area contributed by atoms with Gasteiger partial charge in [0.05, 0.1) is 5.02 Å². The number of hydrogen-bond acceptors (Lipinski definition) is 1. The van der Waals surface area contributed by atoms with Crippen molar-refractivity contribution in [1.29, 1.82) is 0 Å². The lowest BCUT2D eigenvalue weighted by atomic mass is 9.98. The minimum Gasteiger partial charge on any atom is -0.310 e. The lowest BCUT2D eigenvalue weighted by Crippen LogP contribution is -2.23. The van der Waals surface area contributed by atoms with Crippen LogP contribution in [0.4, 0.5) is 0 Å². The van der Waals surface area contributed by atoms with Crippen molar-refractivity contribution < 1.29 is 0 Å². The summed E-state index contributed by atoms with van der Waals surface area (Å²) in [5, 5.41) is 5.63. The van der Waals surface area contributed by atoms with Gasteiger partial charge in [0.2, 0.25) is 0 Å². The Morgan fingerprint density at radius 2 is 1.71 bits per heavy atom. The van der Waals surface area contributed by atoms with Crippen molar-refractivity contribution in [3.05, 3.63) is 66.2 Å². The van der Waals surface area contributed by atoms with E-state index in [2.05, 4.69) is 40.9 Å². The summed E-state index contributed by atoms with van der Waals surface area (Å²) in [6, 6.07) is 11.8. The molecule has 1 unspecified atom stereocenters. The van der Waals surface area contributed by atoms with Gasteiger partial charge in [-0.15, -0.1) is 0 Å². The number of likely N-dealkylation sites (N-methyl/N-ethyl adjacent to an activating group) is 1. The summed E-state index contributed by atoms with van der Waals surface area (Å²) in [5.74, 6) is 0. The van der Waals surface area contributed by atoms with E-state index in [1.807, 2.05) is 30.3 Å². The molecule has 1 N–H and O–H groups in total. The Balaban J connectivity index is 2.33. The molecule has 0 heterocycles. The first kappa shape index (κ1) is 17.4. The third kappa shape index (κ3) is 4.49. The summed E-state index contributed by atoms with van der Waals surface area (Å²) in [5.41, 5.74) is 2.10. The molecule has 5 heteroatoms. The molecular formula is C16H15Cl3IN. The average molecular weight is 455 g/mol. The molecule has 2 rings (SSSR count). The van der Waals surface area contributed by atoms with Crippen LogP contribution in [-0.4, -0.2) is 6.54 Å². The third-order valence-electron chi connectivity index (χ3n) is 3.27. The largest absolute Gasteiger partial charge is 0.310 e. The molecule has 21 heavy (non-hydrogen) atoms. The van der Waals surface area contributed by atoms with Crippen molar-refractivity contribution in [2.75, 3.05) is 6.54 Å². The summed E-state index contributed by atoms with van der Waals surface area (Å²) >= 11 is 21.0. The van der Waals surface area contributed by atoms with Gasteiger partial charge in [-0.1, -0.05) is 53.9 Å². The van der Waals surface area contributed by atoms with Gasteiger partial charge in [-0.3, -0.25) is 0 Å². The van der Waals surface area contributed by atoms with E-state index in [9.17, 15) is 0 Å². The van der Waals surface area contributed by atoms with Gasteiger partial charge in [0.1, 0.15) is 0 Å². The van der Waals surface area contributed by atoms with Gasteiger partial charge >= 0.3 is 0 Å². The minimum absolute atomic E-state index is 0.127. The third-order valence-corrected chi connectivity index (χ3v) is 5.55. The highest BCUT2D eigenvalue weighted by Crippen LogP contribution is 2.31. The van der Waals surface area contributed by atoms with Crippen LogP contribution in [0.3, 0.4) is 0 Å². The number of hydrogen-bond donors (Lipinski definition) is 1. The van der Waals surface area contributed by atoms with Gasteiger partial charge in [-0.25, -0.2) is 0 Å². The molecule has 0 fully saturated rings. The lowest BCUT2D eigenvalue weighted by molar-refractivity contribution is 0.550. The molecule has 0 saturated heterocycles. The fraction of sp³-hybridized carbons (Fsp3) is 0.250. The number of benzene rings is 2. The van der Waals surface area contributed by atoms with Crippen molar-refractivity contribution in [3.63, 3.8) is 0 Å². The van der Waals surface area contributed by atoms with Crippen LogP contribution in [0.15, 0.2) is 36.4 Å². The second-order valence-electron chi connectivity index (χ2n) is 4.69. The fourth-order valence-corrected chi connectivity index (χ4v) is 3.29. The number of nitrogens with one attached hydrogen (secondary N) is 1. The monoisotopic (exact) mass is 453 g/mol. The van der Waals surface area contributed by atoms with Crippen molar-refractivity contribution >= 4 is 57.4 Å². The molecule has 0 aliphatic heterocycles. The van der Waals surface area contributed by atoms with Crippen LogP contribution in [0.1, 0.15) is 24.1 Å². The number of rotatable bonds is 5. The smallest absolute Gasteiger partial charge is 0.0542 e. The van der Waals surface area contributed by atoms with Gasteiger partial charge in [-0.2, -0.15) is 0 Å². The predicted octanol–water partition coefficient (Wildman–Crippen LogP) is 6.14. The van der Waals surface area contributed by atoms with Gasteiger partial charge in [0.25, 0.3) is 0 Å². The second kappa shape index (κ2) is 8.02. The highest BCUT2D eigenvalue weighted by molar-refractivity contribution is 14.1. The maximum atomic E-state index is 6.28. The Bertz CT molecular complexity index is 611. The zero-order chi connectivity index (χ0) is 15.4. The SMILES string of the molecule is CCNC(Cc1c(Cl)cccc1Cl)c1ccc(I)c(Cl)c1. The Labute approximate surface area is 154 Å². The maximum Gasteiger partial charge on any atom is 0.0542 e. The van der Waals surface area contributed by atoms with Crippen molar-refractivity contribution in [2.24, 2.45) is 0 Å². The van der Waals surface area contributed by atoms with Crippen molar-refractivity contribution in [2.45, 2.75) is 19.4 Å². The molecule has 0 amide bonds. The summed E-state index contributed by atoms with van der Waals surface area (Å²) in [7, 11) is 0. The topological polar surface area (TPSA) is 12.0 Å². The Morgan fingerprint density at radius 3 is 2.29 bits per heavy atom. The Hall–Kier alpha value is -0.0000000000000000555. The summed E-state index contributed by atoms with van der Waals surface area (Å²) in [6.07, 6.45) is 0.725. The van der Waals surface area contributed by atoms with E-state index in [0.29, 0.717) is 10.0 Å². The van der Waals surface area contributed by atoms with Gasteiger partial charge in [-0.05, 0) is 70.9 Å².